The van der Waals surface area contributed by atoms with Gasteiger partial charge in [-0.15, -0.1) is 0 Å². The minimum absolute atomic E-state index is 0.128. The van der Waals surface area contributed by atoms with E-state index in [1.165, 1.54) is 121 Å². The molecule has 0 aromatic heterocycles. The summed E-state index contributed by atoms with van der Waals surface area (Å²) in [6.07, 6.45) is 8.64. The standard InChI is InChI=1S/C49H41N/c1-48(2)40-16-8-15-39-44(40)46-43-37(36-12-6-9-32-17-22-41(48)45(46)42(32)36)13-7-14-38(43)47(39)50(34-10-4-3-5-11-34)35-20-18-33(19-21-35)49-26-29-23-30(27-49)25-31(24-29)28-49/h3-22,29-31H,23-28H2,1-2H3. The van der Waals surface area contributed by atoms with Gasteiger partial charge in [-0.1, -0.05) is 111 Å². The van der Waals surface area contributed by atoms with E-state index in [9.17, 15) is 0 Å². The highest BCUT2D eigenvalue weighted by atomic mass is 15.1. The molecular formula is C49H41N. The van der Waals surface area contributed by atoms with E-state index in [-0.39, 0.29) is 5.41 Å². The summed E-state index contributed by atoms with van der Waals surface area (Å²) < 4.78 is 0. The lowest BCUT2D eigenvalue weighted by atomic mass is 9.48. The van der Waals surface area contributed by atoms with Crippen LogP contribution in [-0.4, -0.2) is 0 Å². The van der Waals surface area contributed by atoms with E-state index in [1.807, 2.05) is 0 Å². The van der Waals surface area contributed by atoms with E-state index in [1.54, 1.807) is 5.56 Å². The van der Waals surface area contributed by atoms with Crippen LogP contribution in [0.2, 0.25) is 0 Å². The van der Waals surface area contributed by atoms with E-state index in [2.05, 4.69) is 140 Å². The van der Waals surface area contributed by atoms with Crippen molar-refractivity contribution in [2.24, 2.45) is 17.8 Å². The highest BCUT2D eigenvalue weighted by Gasteiger charge is 2.51. The van der Waals surface area contributed by atoms with E-state index < -0.39 is 0 Å². The highest BCUT2D eigenvalue weighted by Crippen LogP contribution is 2.61. The molecule has 0 spiro atoms. The second-order valence-electron chi connectivity index (χ2n) is 17.1. The summed E-state index contributed by atoms with van der Waals surface area (Å²) in [6, 6.07) is 46.9. The summed E-state index contributed by atoms with van der Waals surface area (Å²) in [4.78, 5) is 2.58. The van der Waals surface area contributed by atoms with Crippen LogP contribution in [0.3, 0.4) is 0 Å². The molecule has 4 fully saturated rings. The zero-order chi connectivity index (χ0) is 32.9. The summed E-state index contributed by atoms with van der Waals surface area (Å²) >= 11 is 0. The lowest BCUT2D eigenvalue weighted by Gasteiger charge is -2.57. The number of fused-ring (bicyclic) bond motifs is 1. The average molecular weight is 644 g/mol. The van der Waals surface area contributed by atoms with Crippen LogP contribution in [0.4, 0.5) is 17.1 Å². The number of anilines is 3. The summed E-state index contributed by atoms with van der Waals surface area (Å²) in [5, 5.41) is 13.9. The lowest BCUT2D eigenvalue weighted by molar-refractivity contribution is -0.00518. The van der Waals surface area contributed by atoms with Crippen LogP contribution in [0.5, 0.6) is 0 Å². The molecule has 5 aliphatic carbocycles. The maximum Gasteiger partial charge on any atom is 0.0619 e. The van der Waals surface area contributed by atoms with Gasteiger partial charge in [0.2, 0.25) is 0 Å². The summed E-state index contributed by atoms with van der Waals surface area (Å²) in [6.45, 7) is 4.88. The van der Waals surface area contributed by atoms with Crippen LogP contribution in [-0.2, 0) is 10.8 Å². The third-order valence-corrected chi connectivity index (χ3v) is 14.1. The maximum absolute atomic E-state index is 2.58. The fraction of sp³-hybridized carbons (Fsp3) is 0.265. The molecule has 1 heteroatoms. The number of para-hydroxylation sites is 1. The van der Waals surface area contributed by atoms with Crippen LogP contribution < -0.4 is 4.90 Å². The smallest absolute Gasteiger partial charge is 0.0619 e. The minimum atomic E-state index is -0.128. The van der Waals surface area contributed by atoms with Gasteiger partial charge in [-0.2, -0.15) is 0 Å². The minimum Gasteiger partial charge on any atom is -0.309 e. The van der Waals surface area contributed by atoms with Crippen molar-refractivity contribution in [2.75, 3.05) is 4.90 Å². The zero-order valence-electron chi connectivity index (χ0n) is 29.0. The first-order valence-corrected chi connectivity index (χ1v) is 19.0. The molecular weight excluding hydrogens is 603 g/mol. The number of hydrogen-bond acceptors (Lipinski definition) is 1. The van der Waals surface area contributed by atoms with Crippen molar-refractivity contribution in [2.45, 2.75) is 63.2 Å². The monoisotopic (exact) mass is 643 g/mol. The van der Waals surface area contributed by atoms with Crippen LogP contribution in [0.15, 0.2) is 121 Å². The molecule has 0 radical (unpaired) electrons. The van der Waals surface area contributed by atoms with Crippen LogP contribution in [0.1, 0.15) is 69.1 Å². The van der Waals surface area contributed by atoms with Gasteiger partial charge in [0.25, 0.3) is 0 Å². The predicted octanol–water partition coefficient (Wildman–Crippen LogP) is 13.5. The third-order valence-electron chi connectivity index (χ3n) is 14.1. The van der Waals surface area contributed by atoms with E-state index in [0.29, 0.717) is 5.41 Å². The van der Waals surface area contributed by atoms with Crippen LogP contribution in [0, 0.1) is 17.8 Å². The van der Waals surface area contributed by atoms with Gasteiger partial charge in [0.1, 0.15) is 0 Å². The Morgan fingerprint density at radius 3 is 1.76 bits per heavy atom. The van der Waals surface area contributed by atoms with Gasteiger partial charge >= 0.3 is 0 Å². The second kappa shape index (κ2) is 9.46. The van der Waals surface area contributed by atoms with Crippen molar-refractivity contribution in [3.8, 4) is 0 Å². The number of rotatable bonds is 4. The Kier molecular flexibility index (Phi) is 5.28. The van der Waals surface area contributed by atoms with Gasteiger partial charge in [-0.3, -0.25) is 0 Å². The summed E-state index contributed by atoms with van der Waals surface area (Å²) in [5.74, 6) is 2.83. The first-order chi connectivity index (χ1) is 24.5. The van der Waals surface area contributed by atoms with Crippen molar-refractivity contribution >= 4 is 70.9 Å². The molecule has 0 atom stereocenters. The molecule has 4 bridgehead atoms. The summed E-state index contributed by atoms with van der Waals surface area (Å²) in [5.41, 5.74) is 8.47. The fourth-order valence-corrected chi connectivity index (χ4v) is 12.5. The quantitative estimate of drug-likeness (QED) is 0.136. The SMILES string of the molecule is CC1(C)c2cccc3c(N(c4ccccc4)c4ccc(C56CC7CC(CC(C7)C5)C6)cc4)c4cccc5c6cccc7ccc1c(c76)c(c23)c45. The lowest BCUT2D eigenvalue weighted by Crippen LogP contribution is -2.48. The molecule has 242 valence electrons. The Hall–Kier alpha value is -4.88. The summed E-state index contributed by atoms with van der Waals surface area (Å²) in [7, 11) is 0. The average Bonchev–Trinajstić information content (AvgIpc) is 3.13. The van der Waals surface area contributed by atoms with Gasteiger partial charge in [0.15, 0.2) is 0 Å². The molecule has 0 unspecified atom stereocenters. The highest BCUT2D eigenvalue weighted by molar-refractivity contribution is 6.42. The van der Waals surface area contributed by atoms with E-state index in [0.717, 1.165) is 17.8 Å². The van der Waals surface area contributed by atoms with Crippen molar-refractivity contribution in [3.63, 3.8) is 0 Å². The molecule has 0 saturated heterocycles. The van der Waals surface area contributed by atoms with E-state index >= 15 is 0 Å². The first-order valence-electron chi connectivity index (χ1n) is 19.0. The molecule has 8 aromatic rings. The van der Waals surface area contributed by atoms with Crippen LogP contribution >= 0.6 is 0 Å². The van der Waals surface area contributed by atoms with Gasteiger partial charge in [-0.05, 0) is 140 Å². The molecule has 1 nitrogen and oxygen atoms in total. The van der Waals surface area contributed by atoms with Crippen molar-refractivity contribution in [1.82, 2.24) is 0 Å². The molecule has 8 aromatic carbocycles. The number of hydrogen-bond donors (Lipinski definition) is 0. The normalized spacial score (nSPS) is 24.6. The van der Waals surface area contributed by atoms with Gasteiger partial charge in [0, 0.05) is 32.9 Å². The van der Waals surface area contributed by atoms with Gasteiger partial charge in [-0.25, -0.2) is 0 Å². The molecule has 5 aliphatic rings. The Labute approximate surface area is 293 Å². The Bertz CT molecular complexity index is 2660. The van der Waals surface area contributed by atoms with Crippen molar-refractivity contribution < 1.29 is 0 Å². The maximum atomic E-state index is 2.58. The molecule has 0 heterocycles. The Morgan fingerprint density at radius 1 is 0.460 bits per heavy atom. The number of benzene rings is 8. The number of nitrogens with zero attached hydrogens (tertiary/aromatic N) is 1. The molecule has 50 heavy (non-hydrogen) atoms. The third kappa shape index (κ3) is 3.44. The topological polar surface area (TPSA) is 3.24 Å². The molecule has 0 amide bonds. The molecule has 0 N–H and O–H groups in total. The zero-order valence-corrected chi connectivity index (χ0v) is 29.0. The largest absolute Gasteiger partial charge is 0.309 e. The van der Waals surface area contributed by atoms with Crippen molar-refractivity contribution in [3.05, 3.63) is 138 Å². The van der Waals surface area contributed by atoms with E-state index in [4.69, 9.17) is 0 Å². The first kappa shape index (κ1) is 27.9. The van der Waals surface area contributed by atoms with Gasteiger partial charge < -0.3 is 4.90 Å². The molecule has 4 saturated carbocycles. The Morgan fingerprint density at radius 2 is 1.04 bits per heavy atom. The second-order valence-corrected chi connectivity index (χ2v) is 17.1. The fourth-order valence-electron chi connectivity index (χ4n) is 12.5. The predicted molar refractivity (Wildman–Crippen MR) is 212 cm³/mol. The van der Waals surface area contributed by atoms with Gasteiger partial charge in [0.05, 0.1) is 5.69 Å². The molecule has 0 aliphatic heterocycles. The molecule has 13 rings (SSSR count). The van der Waals surface area contributed by atoms with Crippen LogP contribution in [0.25, 0.3) is 53.9 Å². The Balaban J connectivity index is 1.18. The van der Waals surface area contributed by atoms with Crippen molar-refractivity contribution in [1.29, 1.82) is 0 Å².